The molecule has 0 unspecified atom stereocenters. The fourth-order valence-corrected chi connectivity index (χ4v) is 2.87. The Morgan fingerprint density at radius 3 is 2.74 bits per heavy atom. The van der Waals surface area contributed by atoms with Crippen LogP contribution in [-0.2, 0) is 4.79 Å². The summed E-state index contributed by atoms with van der Waals surface area (Å²) in [4.78, 5) is 30.5. The molecule has 0 fully saturated rings. The highest BCUT2D eigenvalue weighted by atomic mass is 35.5. The number of halogens is 2. The van der Waals surface area contributed by atoms with Crippen molar-refractivity contribution < 1.29 is 4.79 Å². The SMILES string of the molecule is CC(C)c1cc(=O)[nH]c(SCC(=O)Nc2ccc(Cl)cc2Cl)n1. The van der Waals surface area contributed by atoms with Crippen molar-refractivity contribution in [2.24, 2.45) is 0 Å². The number of nitrogens with one attached hydrogen (secondary N) is 2. The van der Waals surface area contributed by atoms with Gasteiger partial charge in [0.2, 0.25) is 5.91 Å². The molecule has 0 radical (unpaired) electrons. The van der Waals surface area contributed by atoms with E-state index < -0.39 is 0 Å². The predicted molar refractivity (Wildman–Crippen MR) is 94.8 cm³/mol. The van der Waals surface area contributed by atoms with Gasteiger partial charge in [-0.2, -0.15) is 0 Å². The Morgan fingerprint density at radius 2 is 2.09 bits per heavy atom. The maximum absolute atomic E-state index is 12.0. The van der Waals surface area contributed by atoms with Gasteiger partial charge in [-0.25, -0.2) is 4.98 Å². The Morgan fingerprint density at radius 1 is 1.35 bits per heavy atom. The van der Waals surface area contributed by atoms with E-state index >= 15 is 0 Å². The van der Waals surface area contributed by atoms with Gasteiger partial charge in [-0.15, -0.1) is 0 Å². The first-order valence-electron chi connectivity index (χ1n) is 6.84. The zero-order valence-corrected chi connectivity index (χ0v) is 14.9. The number of amides is 1. The molecule has 0 atom stereocenters. The predicted octanol–water partition coefficient (Wildman–Crippen LogP) is 3.93. The second kappa shape index (κ2) is 7.86. The van der Waals surface area contributed by atoms with Crippen molar-refractivity contribution in [3.8, 4) is 0 Å². The molecule has 8 heteroatoms. The number of nitrogens with zero attached hydrogens (tertiary/aromatic N) is 1. The summed E-state index contributed by atoms with van der Waals surface area (Å²) in [5, 5.41) is 3.96. The lowest BCUT2D eigenvalue weighted by atomic mass is 10.1. The summed E-state index contributed by atoms with van der Waals surface area (Å²) >= 11 is 13.0. The van der Waals surface area contributed by atoms with E-state index in [0.717, 1.165) is 11.8 Å². The molecule has 1 amide bonds. The van der Waals surface area contributed by atoms with E-state index in [-0.39, 0.29) is 23.1 Å². The molecular weight excluding hydrogens is 357 g/mol. The third-order valence-electron chi connectivity index (χ3n) is 2.88. The average molecular weight is 372 g/mol. The highest BCUT2D eigenvalue weighted by Crippen LogP contribution is 2.25. The summed E-state index contributed by atoms with van der Waals surface area (Å²) < 4.78 is 0. The van der Waals surface area contributed by atoms with Crippen LogP contribution in [0.1, 0.15) is 25.5 Å². The number of thioether (sulfide) groups is 1. The summed E-state index contributed by atoms with van der Waals surface area (Å²) in [6.45, 7) is 3.90. The number of anilines is 1. The molecule has 1 aromatic carbocycles. The van der Waals surface area contributed by atoms with E-state index in [9.17, 15) is 9.59 Å². The molecule has 122 valence electrons. The van der Waals surface area contributed by atoms with Crippen LogP contribution >= 0.6 is 35.0 Å². The quantitative estimate of drug-likeness (QED) is 0.616. The zero-order valence-electron chi connectivity index (χ0n) is 12.5. The summed E-state index contributed by atoms with van der Waals surface area (Å²) in [7, 11) is 0. The van der Waals surface area contributed by atoms with Crippen LogP contribution in [0.2, 0.25) is 10.0 Å². The number of aromatic amines is 1. The van der Waals surface area contributed by atoms with Crippen molar-refractivity contribution in [3.63, 3.8) is 0 Å². The van der Waals surface area contributed by atoms with Gasteiger partial charge in [-0.1, -0.05) is 48.8 Å². The van der Waals surface area contributed by atoms with Crippen LogP contribution in [0, 0.1) is 0 Å². The van der Waals surface area contributed by atoms with Crippen molar-refractivity contribution >= 4 is 46.6 Å². The summed E-state index contributed by atoms with van der Waals surface area (Å²) in [6.07, 6.45) is 0. The van der Waals surface area contributed by atoms with Crippen molar-refractivity contribution in [2.75, 3.05) is 11.1 Å². The molecule has 23 heavy (non-hydrogen) atoms. The first kappa shape index (κ1) is 17.8. The Bertz CT molecular complexity index is 778. The highest BCUT2D eigenvalue weighted by Gasteiger charge is 2.10. The fourth-order valence-electron chi connectivity index (χ4n) is 1.73. The molecule has 0 saturated carbocycles. The van der Waals surface area contributed by atoms with E-state index in [4.69, 9.17) is 23.2 Å². The Balaban J connectivity index is 2.00. The molecule has 0 aliphatic rings. The van der Waals surface area contributed by atoms with Crippen molar-refractivity contribution in [2.45, 2.75) is 24.9 Å². The Kier molecular flexibility index (Phi) is 6.10. The molecule has 1 heterocycles. The highest BCUT2D eigenvalue weighted by molar-refractivity contribution is 7.99. The Hall–Kier alpha value is -1.50. The van der Waals surface area contributed by atoms with Crippen LogP contribution in [-0.4, -0.2) is 21.6 Å². The van der Waals surface area contributed by atoms with E-state index in [1.807, 2.05) is 13.8 Å². The van der Waals surface area contributed by atoms with Crippen LogP contribution in [0.4, 0.5) is 5.69 Å². The molecule has 0 bridgehead atoms. The first-order chi connectivity index (χ1) is 10.8. The van der Waals surface area contributed by atoms with E-state index in [0.29, 0.717) is 26.6 Å². The second-order valence-corrected chi connectivity index (χ2v) is 6.90. The number of benzene rings is 1. The monoisotopic (exact) mass is 371 g/mol. The molecule has 0 saturated heterocycles. The van der Waals surface area contributed by atoms with Crippen LogP contribution in [0.15, 0.2) is 34.2 Å². The largest absolute Gasteiger partial charge is 0.324 e. The van der Waals surface area contributed by atoms with Crippen molar-refractivity contribution in [1.29, 1.82) is 0 Å². The standard InChI is InChI=1S/C15H15Cl2N3O2S/c1-8(2)12-6-13(21)20-15(19-12)23-7-14(22)18-11-4-3-9(16)5-10(11)17/h3-6,8H,7H2,1-2H3,(H,18,22)(H,19,20,21). The van der Waals surface area contributed by atoms with Crippen LogP contribution in [0.3, 0.4) is 0 Å². The van der Waals surface area contributed by atoms with Crippen molar-refractivity contribution in [3.05, 3.63) is 50.4 Å². The van der Waals surface area contributed by atoms with Gasteiger partial charge in [0.05, 0.1) is 22.2 Å². The van der Waals surface area contributed by atoms with Gasteiger partial charge in [0.15, 0.2) is 5.16 Å². The van der Waals surface area contributed by atoms with Gasteiger partial charge in [0, 0.05) is 11.1 Å². The van der Waals surface area contributed by atoms with Crippen molar-refractivity contribution in [1.82, 2.24) is 9.97 Å². The number of aromatic nitrogens is 2. The number of H-pyrrole nitrogens is 1. The zero-order chi connectivity index (χ0) is 17.0. The smallest absolute Gasteiger partial charge is 0.251 e. The first-order valence-corrected chi connectivity index (χ1v) is 8.58. The third-order valence-corrected chi connectivity index (χ3v) is 4.30. The molecule has 0 aliphatic carbocycles. The molecule has 2 rings (SSSR count). The van der Waals surface area contributed by atoms with Crippen LogP contribution in [0.25, 0.3) is 0 Å². The lowest BCUT2D eigenvalue weighted by molar-refractivity contribution is -0.113. The molecule has 2 N–H and O–H groups in total. The van der Waals surface area contributed by atoms with Gasteiger partial charge in [-0.3, -0.25) is 9.59 Å². The minimum absolute atomic E-state index is 0.101. The topological polar surface area (TPSA) is 74.8 Å². The number of hydrogen-bond donors (Lipinski definition) is 2. The second-order valence-electron chi connectivity index (χ2n) is 5.09. The maximum atomic E-state index is 12.0. The van der Waals surface area contributed by atoms with Crippen LogP contribution < -0.4 is 10.9 Å². The lowest BCUT2D eigenvalue weighted by Crippen LogP contribution is -2.16. The number of hydrogen-bond acceptors (Lipinski definition) is 4. The number of carbonyl (C=O) groups is 1. The molecule has 5 nitrogen and oxygen atoms in total. The maximum Gasteiger partial charge on any atom is 0.251 e. The summed E-state index contributed by atoms with van der Waals surface area (Å²) in [5.41, 5.74) is 0.948. The van der Waals surface area contributed by atoms with E-state index in [1.165, 1.54) is 6.07 Å². The van der Waals surface area contributed by atoms with Gasteiger partial charge < -0.3 is 10.3 Å². The normalized spacial score (nSPS) is 10.8. The van der Waals surface area contributed by atoms with Gasteiger partial charge >= 0.3 is 0 Å². The molecule has 2 aromatic rings. The van der Waals surface area contributed by atoms with E-state index in [1.54, 1.807) is 18.2 Å². The molecule has 0 aliphatic heterocycles. The van der Waals surface area contributed by atoms with Gasteiger partial charge in [0.1, 0.15) is 0 Å². The minimum Gasteiger partial charge on any atom is -0.324 e. The van der Waals surface area contributed by atoms with E-state index in [2.05, 4.69) is 15.3 Å². The number of carbonyl (C=O) groups excluding carboxylic acids is 1. The minimum atomic E-state index is -0.253. The average Bonchev–Trinajstić information content (AvgIpc) is 2.47. The third kappa shape index (κ3) is 5.27. The number of rotatable bonds is 5. The molecule has 1 aromatic heterocycles. The van der Waals surface area contributed by atoms with Gasteiger partial charge in [0.25, 0.3) is 5.56 Å². The summed E-state index contributed by atoms with van der Waals surface area (Å²) in [6, 6.07) is 6.29. The van der Waals surface area contributed by atoms with Crippen LogP contribution in [0.5, 0.6) is 0 Å². The fraction of sp³-hybridized carbons (Fsp3) is 0.267. The Labute approximate surface area is 147 Å². The lowest BCUT2D eigenvalue weighted by Gasteiger charge is -2.08. The molecular formula is C15H15Cl2N3O2S. The van der Waals surface area contributed by atoms with Gasteiger partial charge in [-0.05, 0) is 24.1 Å². The summed E-state index contributed by atoms with van der Waals surface area (Å²) in [5.74, 6) is -0.0149. The molecule has 0 spiro atoms.